The van der Waals surface area contributed by atoms with Crippen LogP contribution >= 0.6 is 0 Å². The van der Waals surface area contributed by atoms with Gasteiger partial charge < -0.3 is 0 Å². The zero-order valence-electron chi connectivity index (χ0n) is 29.4. The summed E-state index contributed by atoms with van der Waals surface area (Å²) in [6.45, 7) is 4.52. The van der Waals surface area contributed by atoms with Crippen molar-refractivity contribution in [1.29, 1.82) is 0 Å². The highest BCUT2D eigenvalue weighted by molar-refractivity contribution is 5.89. The number of benzene rings is 6. The Labute approximate surface area is 300 Å². The van der Waals surface area contributed by atoms with Crippen LogP contribution < -0.4 is 0 Å². The van der Waals surface area contributed by atoms with Gasteiger partial charge in [-0.3, -0.25) is 4.57 Å². The first-order chi connectivity index (χ1) is 25.2. The monoisotopic (exact) mass is 662 g/mol. The van der Waals surface area contributed by atoms with E-state index in [4.69, 9.17) is 15.0 Å². The minimum Gasteiger partial charge on any atom is -0.292 e. The molecule has 0 spiro atoms. The average Bonchev–Trinajstić information content (AvgIpc) is 3.61. The molecule has 0 bridgehead atoms. The minimum absolute atomic E-state index is 0.887. The molecule has 8 aromatic rings. The molecule has 0 N–H and O–H groups in total. The van der Waals surface area contributed by atoms with Crippen LogP contribution in [-0.4, -0.2) is 19.5 Å². The van der Waals surface area contributed by atoms with Crippen LogP contribution in [-0.2, 0) is 12.8 Å². The highest BCUT2D eigenvalue weighted by Crippen LogP contribution is 2.36. The van der Waals surface area contributed by atoms with Gasteiger partial charge in [0.05, 0.1) is 33.5 Å². The second-order valence-corrected chi connectivity index (χ2v) is 13.3. The van der Waals surface area contributed by atoms with Gasteiger partial charge in [0.1, 0.15) is 5.82 Å². The molecular formula is C47H42N4. The highest BCUT2D eigenvalue weighted by atomic mass is 15.1. The highest BCUT2D eigenvalue weighted by Gasteiger charge is 2.20. The lowest BCUT2D eigenvalue weighted by molar-refractivity contribution is 0.790. The van der Waals surface area contributed by atoms with Gasteiger partial charge in [-0.2, -0.15) is 0 Å². The normalized spacial score (nSPS) is 11.4. The Kier molecular flexibility index (Phi) is 9.22. The standard InChI is InChI=1S/C47H42N4/c1-3-5-15-36-29-30-38(16-6-4-2)46-45(36)50-47(51(46)40-19-11-8-12-20-40)39-31-25-34(26-32-39)33-23-27-37(28-24-33)44-43(35-17-9-7-10-18-35)48-41-21-13-14-22-42(41)49-44/h7-14,17-32H,3-6,15-16H2,1-2H3. The molecule has 0 amide bonds. The lowest BCUT2D eigenvalue weighted by Gasteiger charge is -2.14. The van der Waals surface area contributed by atoms with Gasteiger partial charge in [-0.05, 0) is 72.2 Å². The number of aryl methyl sites for hydroxylation is 2. The number of fused-ring (bicyclic) bond motifs is 2. The van der Waals surface area contributed by atoms with Crippen LogP contribution in [0.3, 0.4) is 0 Å². The van der Waals surface area contributed by atoms with E-state index >= 15 is 0 Å². The summed E-state index contributed by atoms with van der Waals surface area (Å²) in [7, 11) is 0. The van der Waals surface area contributed by atoms with Crippen molar-refractivity contribution in [3.05, 3.63) is 157 Å². The Morgan fingerprint density at radius 3 is 1.49 bits per heavy atom. The molecule has 0 aliphatic carbocycles. The molecule has 2 aromatic heterocycles. The van der Waals surface area contributed by atoms with Gasteiger partial charge in [-0.15, -0.1) is 0 Å². The molecule has 0 atom stereocenters. The van der Waals surface area contributed by atoms with Crippen LogP contribution in [0.1, 0.15) is 50.7 Å². The second kappa shape index (κ2) is 14.5. The smallest absolute Gasteiger partial charge is 0.145 e. The summed E-state index contributed by atoms with van der Waals surface area (Å²) < 4.78 is 2.40. The number of rotatable bonds is 11. The SMILES string of the molecule is CCCCc1ccc(CCCC)c2c1nc(-c1ccc(-c3ccc(-c4nc5ccccc5nc4-c4ccccc4)cc3)cc1)n2-c1ccccc1. The molecule has 51 heavy (non-hydrogen) atoms. The summed E-state index contributed by atoms with van der Waals surface area (Å²) in [6, 6.07) is 51.4. The van der Waals surface area contributed by atoms with Crippen molar-refractivity contribution in [2.24, 2.45) is 0 Å². The second-order valence-electron chi connectivity index (χ2n) is 13.3. The number of aromatic nitrogens is 4. The Morgan fingerprint density at radius 2 is 0.902 bits per heavy atom. The van der Waals surface area contributed by atoms with Crippen LogP contribution in [0.15, 0.2) is 146 Å². The summed E-state index contributed by atoms with van der Waals surface area (Å²) >= 11 is 0. The summed E-state index contributed by atoms with van der Waals surface area (Å²) in [5.41, 5.74) is 15.3. The zero-order valence-corrected chi connectivity index (χ0v) is 29.4. The molecule has 0 radical (unpaired) electrons. The van der Waals surface area contributed by atoms with Crippen molar-refractivity contribution in [3.8, 4) is 50.7 Å². The minimum atomic E-state index is 0.887. The molecule has 250 valence electrons. The van der Waals surface area contributed by atoms with Crippen LogP contribution in [0.4, 0.5) is 0 Å². The van der Waals surface area contributed by atoms with Crippen LogP contribution in [0.2, 0.25) is 0 Å². The largest absolute Gasteiger partial charge is 0.292 e. The zero-order chi connectivity index (χ0) is 34.6. The summed E-state index contributed by atoms with van der Waals surface area (Å²) in [5.74, 6) is 0.989. The van der Waals surface area contributed by atoms with Gasteiger partial charge >= 0.3 is 0 Å². The van der Waals surface area contributed by atoms with Crippen LogP contribution in [0, 0.1) is 0 Å². The van der Waals surface area contributed by atoms with Gasteiger partial charge in [0.25, 0.3) is 0 Å². The maximum absolute atomic E-state index is 5.43. The quantitative estimate of drug-likeness (QED) is 0.138. The van der Waals surface area contributed by atoms with E-state index in [9.17, 15) is 0 Å². The number of para-hydroxylation sites is 3. The number of unbranched alkanes of at least 4 members (excludes halogenated alkanes) is 2. The number of hydrogen-bond donors (Lipinski definition) is 0. The number of hydrogen-bond acceptors (Lipinski definition) is 3. The van der Waals surface area contributed by atoms with E-state index in [-0.39, 0.29) is 0 Å². The number of imidazole rings is 1. The Bertz CT molecular complexity index is 2410. The fraction of sp³-hybridized carbons (Fsp3) is 0.170. The molecular weight excluding hydrogens is 621 g/mol. The van der Waals surface area contributed by atoms with Crippen molar-refractivity contribution in [1.82, 2.24) is 19.5 Å². The Morgan fingerprint density at radius 1 is 0.431 bits per heavy atom. The predicted molar refractivity (Wildman–Crippen MR) is 213 cm³/mol. The van der Waals surface area contributed by atoms with E-state index in [1.807, 2.05) is 42.5 Å². The fourth-order valence-corrected chi connectivity index (χ4v) is 7.09. The van der Waals surface area contributed by atoms with Crippen LogP contribution in [0.25, 0.3) is 72.8 Å². The average molecular weight is 663 g/mol. The molecule has 4 heteroatoms. The van der Waals surface area contributed by atoms with E-state index in [0.29, 0.717) is 0 Å². The lowest BCUT2D eigenvalue weighted by Crippen LogP contribution is -2.00. The van der Waals surface area contributed by atoms with Crippen molar-refractivity contribution >= 4 is 22.1 Å². The molecule has 0 aliphatic heterocycles. The van der Waals surface area contributed by atoms with Crippen molar-refractivity contribution in [2.75, 3.05) is 0 Å². The predicted octanol–water partition coefficient (Wildman–Crippen LogP) is 12.3. The van der Waals surface area contributed by atoms with Crippen molar-refractivity contribution in [2.45, 2.75) is 52.4 Å². The first-order valence-electron chi connectivity index (χ1n) is 18.3. The molecule has 0 unspecified atom stereocenters. The lowest BCUT2D eigenvalue weighted by atomic mass is 9.99. The Balaban J connectivity index is 1.18. The van der Waals surface area contributed by atoms with Gasteiger partial charge in [0, 0.05) is 22.4 Å². The third-order valence-electron chi connectivity index (χ3n) is 9.84. The van der Waals surface area contributed by atoms with Gasteiger partial charge in [-0.25, -0.2) is 15.0 Å². The molecule has 0 aliphatic rings. The number of nitrogens with zero attached hydrogens (tertiary/aromatic N) is 4. The maximum Gasteiger partial charge on any atom is 0.145 e. The van der Waals surface area contributed by atoms with Gasteiger partial charge in [0.15, 0.2) is 0 Å². The third kappa shape index (κ3) is 6.46. The molecule has 2 heterocycles. The van der Waals surface area contributed by atoms with Crippen molar-refractivity contribution < 1.29 is 0 Å². The van der Waals surface area contributed by atoms with E-state index in [0.717, 1.165) is 106 Å². The van der Waals surface area contributed by atoms with E-state index in [1.165, 1.54) is 16.6 Å². The topological polar surface area (TPSA) is 43.6 Å². The fourth-order valence-electron chi connectivity index (χ4n) is 7.09. The van der Waals surface area contributed by atoms with Crippen LogP contribution in [0.5, 0.6) is 0 Å². The van der Waals surface area contributed by atoms with Crippen molar-refractivity contribution in [3.63, 3.8) is 0 Å². The summed E-state index contributed by atoms with van der Waals surface area (Å²) in [5, 5.41) is 0. The first-order valence-corrected chi connectivity index (χ1v) is 18.3. The molecule has 4 nitrogen and oxygen atoms in total. The summed E-state index contributed by atoms with van der Waals surface area (Å²) in [4.78, 5) is 15.6. The first kappa shape index (κ1) is 32.3. The van der Waals surface area contributed by atoms with Gasteiger partial charge in [0.2, 0.25) is 0 Å². The van der Waals surface area contributed by atoms with E-state index in [2.05, 4.69) is 122 Å². The molecule has 0 saturated heterocycles. The van der Waals surface area contributed by atoms with Gasteiger partial charge in [-0.1, -0.05) is 148 Å². The molecule has 0 saturated carbocycles. The molecule has 8 rings (SSSR count). The molecule has 6 aromatic carbocycles. The summed E-state index contributed by atoms with van der Waals surface area (Å²) in [6.07, 6.45) is 6.73. The Hall–Kier alpha value is -5.87. The maximum atomic E-state index is 5.43. The molecule has 0 fully saturated rings. The van der Waals surface area contributed by atoms with E-state index < -0.39 is 0 Å². The third-order valence-corrected chi connectivity index (χ3v) is 9.84. The van der Waals surface area contributed by atoms with E-state index in [1.54, 1.807) is 0 Å².